The maximum Gasteiger partial charge on any atom is 0.407 e. The van der Waals surface area contributed by atoms with E-state index in [9.17, 15) is 23.1 Å². The number of hydrogen-bond donors (Lipinski definition) is 3. The molecule has 1 unspecified atom stereocenters. The van der Waals surface area contributed by atoms with E-state index in [0.29, 0.717) is 43.1 Å². The minimum atomic E-state index is -4.33. The van der Waals surface area contributed by atoms with Crippen molar-refractivity contribution >= 4 is 39.4 Å². The van der Waals surface area contributed by atoms with Crippen molar-refractivity contribution in [3.63, 3.8) is 0 Å². The number of carbonyl (C=O) groups excluding carboxylic acids is 1. The maximum absolute atomic E-state index is 13.0. The Morgan fingerprint density at radius 2 is 1.79 bits per heavy atom. The summed E-state index contributed by atoms with van der Waals surface area (Å²) in [6.45, 7) is 14.3. The first-order valence-electron chi connectivity index (χ1n) is 15.6. The maximum atomic E-state index is 13.0. The summed E-state index contributed by atoms with van der Waals surface area (Å²) < 4.78 is 35.5. The smallest absolute Gasteiger partial charge is 0.407 e. The highest BCUT2D eigenvalue weighted by atomic mass is 35.5. The van der Waals surface area contributed by atoms with E-state index < -0.39 is 27.6 Å². The number of anilines is 1. The van der Waals surface area contributed by atoms with Gasteiger partial charge in [-0.2, -0.15) is 8.42 Å². The van der Waals surface area contributed by atoms with E-state index >= 15 is 0 Å². The van der Waals surface area contributed by atoms with E-state index in [1.807, 2.05) is 18.6 Å². The molecule has 3 aromatic heterocycles. The summed E-state index contributed by atoms with van der Waals surface area (Å²) in [7, 11) is -4.33. The van der Waals surface area contributed by atoms with Crippen LogP contribution in [-0.4, -0.2) is 75.4 Å². The van der Waals surface area contributed by atoms with E-state index in [1.54, 1.807) is 18.3 Å². The van der Waals surface area contributed by atoms with Gasteiger partial charge in [0.25, 0.3) is 15.9 Å². The first-order chi connectivity index (χ1) is 21.9. The molecule has 5 rings (SSSR count). The first-order valence-corrected chi connectivity index (χ1v) is 17.4. The molecule has 15 heteroatoms. The molecule has 2 fully saturated rings. The number of halogens is 1. The van der Waals surface area contributed by atoms with Crippen LogP contribution in [0.5, 0.6) is 5.88 Å². The number of nitrogens with zero attached hydrogens (tertiary/aromatic N) is 5. The highest BCUT2D eigenvalue weighted by molar-refractivity contribution is 7.90. The molecule has 1 atom stereocenters. The molecule has 13 nitrogen and oxygen atoms in total. The number of hydrogen-bond acceptors (Lipinski definition) is 9. The molecule has 254 valence electrons. The number of sulfonamides is 1. The van der Waals surface area contributed by atoms with Crippen molar-refractivity contribution in [2.75, 3.05) is 25.0 Å². The number of carboxylic acid groups (broad SMARTS) is 1. The number of likely N-dealkylation sites (tertiary alicyclic amines) is 1. The van der Waals surface area contributed by atoms with Crippen LogP contribution in [0.1, 0.15) is 71.2 Å². The number of rotatable bonds is 12. The van der Waals surface area contributed by atoms with Gasteiger partial charge in [0, 0.05) is 36.8 Å². The number of amides is 2. The van der Waals surface area contributed by atoms with E-state index in [2.05, 4.69) is 48.1 Å². The van der Waals surface area contributed by atoms with Crippen molar-refractivity contribution in [1.82, 2.24) is 29.4 Å². The summed E-state index contributed by atoms with van der Waals surface area (Å²) in [6, 6.07) is 9.03. The Bertz CT molecular complexity index is 1760. The van der Waals surface area contributed by atoms with Gasteiger partial charge in [0.05, 0.1) is 12.2 Å². The third-order valence-electron chi connectivity index (χ3n) is 10.1. The van der Waals surface area contributed by atoms with Crippen LogP contribution in [0.3, 0.4) is 0 Å². The van der Waals surface area contributed by atoms with Crippen LogP contribution in [0.25, 0.3) is 5.82 Å². The van der Waals surface area contributed by atoms with Crippen molar-refractivity contribution in [3.8, 4) is 11.7 Å². The van der Waals surface area contributed by atoms with Crippen LogP contribution in [0.2, 0.25) is 5.15 Å². The van der Waals surface area contributed by atoms with Crippen molar-refractivity contribution in [2.45, 2.75) is 71.4 Å². The quantitative estimate of drug-likeness (QED) is 0.164. The van der Waals surface area contributed by atoms with Crippen LogP contribution in [0, 0.1) is 22.7 Å². The van der Waals surface area contributed by atoms with Gasteiger partial charge in [-0.15, -0.1) is 5.10 Å². The Kier molecular flexibility index (Phi) is 9.23. The van der Waals surface area contributed by atoms with Gasteiger partial charge < -0.3 is 20.1 Å². The Hall–Kier alpha value is -3.91. The van der Waals surface area contributed by atoms with Crippen molar-refractivity contribution in [1.29, 1.82) is 0 Å². The highest BCUT2D eigenvalue weighted by Gasteiger charge is 2.64. The van der Waals surface area contributed by atoms with Gasteiger partial charge in [0.15, 0.2) is 10.8 Å². The molecule has 4 heterocycles. The van der Waals surface area contributed by atoms with Gasteiger partial charge in [-0.25, -0.2) is 24.2 Å². The summed E-state index contributed by atoms with van der Waals surface area (Å²) in [5.74, 6) is 0.789. The van der Waals surface area contributed by atoms with Gasteiger partial charge in [0.2, 0.25) is 5.88 Å². The van der Waals surface area contributed by atoms with Gasteiger partial charge in [0.1, 0.15) is 11.0 Å². The summed E-state index contributed by atoms with van der Waals surface area (Å²) in [4.78, 5) is 34.3. The van der Waals surface area contributed by atoms with Crippen molar-refractivity contribution < 1.29 is 27.9 Å². The second-order valence-electron chi connectivity index (χ2n) is 14.1. The van der Waals surface area contributed by atoms with Crippen molar-refractivity contribution in [3.05, 3.63) is 53.3 Å². The number of ether oxygens (including phenoxy) is 1. The fourth-order valence-electron chi connectivity index (χ4n) is 6.57. The predicted octanol–water partition coefficient (Wildman–Crippen LogP) is 5.47. The summed E-state index contributed by atoms with van der Waals surface area (Å²) in [6.07, 6.45) is 3.09. The molecule has 3 aromatic rings. The predicted molar refractivity (Wildman–Crippen MR) is 176 cm³/mol. The second-order valence-corrected chi connectivity index (χ2v) is 16.0. The summed E-state index contributed by atoms with van der Waals surface area (Å²) >= 11 is 6.32. The molecule has 3 N–H and O–H groups in total. The van der Waals surface area contributed by atoms with Crippen LogP contribution < -0.4 is 14.8 Å². The van der Waals surface area contributed by atoms with Crippen LogP contribution in [0.15, 0.2) is 47.6 Å². The molecule has 2 aliphatic rings. The molecule has 1 aliphatic heterocycles. The molecule has 1 saturated heterocycles. The minimum Gasteiger partial charge on any atom is -0.476 e. The molecular formula is C32H42ClN7O6S. The number of nitrogens with one attached hydrogen (secondary N) is 2. The lowest BCUT2D eigenvalue weighted by Crippen LogP contribution is -2.41. The van der Waals surface area contributed by atoms with E-state index in [0.717, 1.165) is 19.3 Å². The van der Waals surface area contributed by atoms with Crippen molar-refractivity contribution in [2.24, 2.45) is 22.7 Å². The molecule has 1 aliphatic carbocycles. The number of aromatic nitrogens is 4. The topological polar surface area (TPSA) is 169 Å². The molecule has 2 amide bonds. The Morgan fingerprint density at radius 1 is 1.06 bits per heavy atom. The fraction of sp³-hybridized carbons (Fsp3) is 0.531. The van der Waals surface area contributed by atoms with Crippen LogP contribution >= 0.6 is 11.6 Å². The zero-order valence-electron chi connectivity index (χ0n) is 27.4. The van der Waals surface area contributed by atoms with Crippen LogP contribution in [0.4, 0.5) is 10.6 Å². The SMILES string of the molecule is CC1(C)CC(CCCNc2cccc(S(=O)(=O)NC(=O)c3ccc(-n4ccc(OCC5C(C)(C)C5(C)C)n4)nc3Cl)n2)CN1C(=O)O. The largest absolute Gasteiger partial charge is 0.476 e. The number of carbonyl (C=O) groups is 2. The standard InChI is InChI=1S/C32H42ClN7O6S/c1-30(2)17-20(18-39(30)29(42)43)9-8-15-34-23-10-7-11-26(35-23)47(44,45)38-28(41)21-12-13-24(36-27(21)33)40-16-14-25(37-40)46-19-22-31(3,4)32(22,5)6/h7,10-14,16,20,22H,8-9,15,17-19H2,1-6H3,(H,34,35)(H,38,41)(H,42,43). The third-order valence-corrected chi connectivity index (χ3v) is 11.6. The van der Waals surface area contributed by atoms with Gasteiger partial charge >= 0.3 is 6.09 Å². The van der Waals surface area contributed by atoms with Gasteiger partial charge in [-0.1, -0.05) is 45.4 Å². The highest BCUT2D eigenvalue weighted by Crippen LogP contribution is 2.68. The molecular weight excluding hydrogens is 646 g/mol. The molecule has 0 bridgehead atoms. The minimum absolute atomic E-state index is 0.133. The zero-order chi connectivity index (χ0) is 34.4. The number of pyridine rings is 2. The average molecular weight is 688 g/mol. The van der Waals surface area contributed by atoms with E-state index in [1.165, 1.54) is 33.8 Å². The Labute approximate surface area is 280 Å². The van der Waals surface area contributed by atoms with Gasteiger partial charge in [-0.3, -0.25) is 4.79 Å². The average Bonchev–Trinajstić information content (AvgIpc) is 3.38. The monoisotopic (exact) mass is 687 g/mol. The van der Waals surface area contributed by atoms with E-state index in [-0.39, 0.29) is 32.5 Å². The Morgan fingerprint density at radius 3 is 2.43 bits per heavy atom. The first kappa shape index (κ1) is 34.4. The van der Waals surface area contributed by atoms with Gasteiger partial charge in [-0.05, 0) is 74.1 Å². The molecule has 0 spiro atoms. The van der Waals surface area contributed by atoms with E-state index in [4.69, 9.17) is 16.3 Å². The molecule has 1 saturated carbocycles. The zero-order valence-corrected chi connectivity index (χ0v) is 29.0. The lowest BCUT2D eigenvalue weighted by atomic mass is 9.93. The fourth-order valence-corrected chi connectivity index (χ4v) is 7.74. The second kappa shape index (κ2) is 12.6. The third kappa shape index (κ3) is 7.18. The summed E-state index contributed by atoms with van der Waals surface area (Å²) in [5, 5.41) is 16.4. The van der Waals surface area contributed by atoms with Crippen LogP contribution in [-0.2, 0) is 10.0 Å². The normalized spacial score (nSPS) is 19.7. The molecule has 47 heavy (non-hydrogen) atoms. The molecule has 0 radical (unpaired) electrons. The lowest BCUT2D eigenvalue weighted by molar-refractivity contribution is 0.0980. The summed E-state index contributed by atoms with van der Waals surface area (Å²) in [5.41, 5.74) is -0.155. The molecule has 0 aromatic carbocycles. The Balaban J connectivity index is 1.14. The lowest BCUT2D eigenvalue weighted by Gasteiger charge is -2.28.